The Morgan fingerprint density at radius 1 is 1.13 bits per heavy atom. The third kappa shape index (κ3) is 9.23. The summed E-state index contributed by atoms with van der Waals surface area (Å²) >= 11 is 0. The molecule has 13 nitrogen and oxygen atoms in total. The second-order valence-corrected chi connectivity index (χ2v) is 12.7. The van der Waals surface area contributed by atoms with Gasteiger partial charge < -0.3 is 35.9 Å². The lowest BCUT2D eigenvalue weighted by molar-refractivity contribution is -0.138. The van der Waals surface area contributed by atoms with Crippen LogP contribution in [0, 0.1) is 23.7 Å². The average molecular weight is 639 g/mol. The number of aromatic nitrogens is 1. The molecule has 1 saturated heterocycles. The maximum atomic E-state index is 13.4. The summed E-state index contributed by atoms with van der Waals surface area (Å²) in [5.41, 5.74) is -0.648. The van der Waals surface area contributed by atoms with Gasteiger partial charge in [0.25, 0.3) is 11.5 Å². The number of amides is 4. The third-order valence-corrected chi connectivity index (χ3v) is 9.29. The summed E-state index contributed by atoms with van der Waals surface area (Å²) in [5, 5.41) is 13.8. The SMILES string of the molecule is CCNC(=O)C(=O)CC[C@H](NC(=O)[C@H]1COCCN1)C(=O)Nc1cccn(CC(=O)NC2C(CC)CC3CC(C)CC2C3)c1=O.[HH].[HH].[HH].[HH].[HH]. The summed E-state index contributed by atoms with van der Waals surface area (Å²) in [4.78, 5) is 77.0. The minimum absolute atomic E-state index is 0. The van der Waals surface area contributed by atoms with E-state index in [4.69, 9.17) is 4.74 Å². The van der Waals surface area contributed by atoms with Crippen molar-refractivity contribution in [2.75, 3.05) is 31.6 Å². The lowest BCUT2D eigenvalue weighted by Gasteiger charge is -2.47. The van der Waals surface area contributed by atoms with E-state index in [9.17, 15) is 28.8 Å². The van der Waals surface area contributed by atoms with Gasteiger partial charge in [0.05, 0.1) is 13.2 Å². The molecule has 7 atom stereocenters. The van der Waals surface area contributed by atoms with E-state index in [1.165, 1.54) is 23.3 Å². The number of hydrogen-bond acceptors (Lipinski definition) is 8. The van der Waals surface area contributed by atoms with Crippen molar-refractivity contribution in [3.63, 3.8) is 0 Å². The second kappa shape index (κ2) is 16.1. The van der Waals surface area contributed by atoms with E-state index in [2.05, 4.69) is 40.4 Å². The van der Waals surface area contributed by atoms with Gasteiger partial charge in [-0.05, 0) is 74.8 Å². The molecule has 2 heterocycles. The highest BCUT2D eigenvalue weighted by Gasteiger charge is 2.41. The van der Waals surface area contributed by atoms with Crippen LogP contribution in [0.15, 0.2) is 23.1 Å². The summed E-state index contributed by atoms with van der Waals surface area (Å²) in [6, 6.07) is 1.15. The molecule has 13 heteroatoms. The Hall–Kier alpha value is -3.58. The number of rotatable bonds is 13. The fourth-order valence-corrected chi connectivity index (χ4v) is 7.19. The number of anilines is 1. The smallest absolute Gasteiger partial charge is 0.287 e. The van der Waals surface area contributed by atoms with Crippen LogP contribution in [0.1, 0.15) is 72.9 Å². The zero-order chi connectivity index (χ0) is 32.5. The summed E-state index contributed by atoms with van der Waals surface area (Å²) in [6.07, 6.45) is 6.61. The quantitative estimate of drug-likeness (QED) is 0.204. The molecule has 0 radical (unpaired) electrons. The number of Topliss-reactive ketones (excluding diaryl/α,β-unsaturated/α-hetero) is 1. The normalized spacial score (nSPS) is 26.6. The molecule has 4 amide bonds. The van der Waals surface area contributed by atoms with Crippen LogP contribution in [0.3, 0.4) is 0 Å². The van der Waals surface area contributed by atoms with E-state index in [0.717, 1.165) is 25.7 Å². The Labute approximate surface area is 271 Å². The number of ether oxygens (including phenoxy) is 1. The molecule has 3 fully saturated rings. The fraction of sp³-hybridized carbons (Fsp3) is 0.688. The number of likely N-dealkylation sites (N-methyl/N-ethyl adjacent to an activating group) is 1. The van der Waals surface area contributed by atoms with E-state index in [1.807, 2.05) is 0 Å². The predicted molar refractivity (Wildman–Crippen MR) is 178 cm³/mol. The van der Waals surface area contributed by atoms with Gasteiger partial charge in [0.1, 0.15) is 24.3 Å². The first-order valence-electron chi connectivity index (χ1n) is 16.3. The lowest BCUT2D eigenvalue weighted by Crippen LogP contribution is -2.55. The van der Waals surface area contributed by atoms with Gasteiger partial charge in [0, 0.05) is 38.9 Å². The second-order valence-electron chi connectivity index (χ2n) is 12.7. The van der Waals surface area contributed by atoms with Gasteiger partial charge >= 0.3 is 0 Å². The van der Waals surface area contributed by atoms with Crippen LogP contribution in [0.25, 0.3) is 0 Å². The summed E-state index contributed by atoms with van der Waals surface area (Å²) < 4.78 is 6.58. The van der Waals surface area contributed by atoms with Crippen LogP contribution in [0.4, 0.5) is 5.69 Å². The van der Waals surface area contributed by atoms with Gasteiger partial charge in [-0.25, -0.2) is 0 Å². The van der Waals surface area contributed by atoms with E-state index < -0.39 is 41.1 Å². The van der Waals surface area contributed by atoms with Crippen molar-refractivity contribution in [3.8, 4) is 0 Å². The standard InChI is InChI=1S/C32H48N6O7.5H2/c1-4-21-15-20-13-19(3)14-22(16-20)28(21)37-27(40)17-38-11-6-7-24(32(38)44)36-29(41)23(8-9-26(39)31(43)33-5-2)35-30(42)25-18-45-12-10-34-25;;;;;/h6-7,11,19-23,25,28,34H,4-5,8-10,12-18H2,1-3H3,(H,33,43)(H,35,42)(H,36,41)(H,37,40);5*1H/t19?,20?,21?,22?,23-,25+,28?;;;;;/m0...../s1. The molecule has 0 aromatic carbocycles. The van der Waals surface area contributed by atoms with Crippen LogP contribution in [-0.2, 0) is 35.3 Å². The number of fused-ring (bicyclic) bond motifs is 2. The third-order valence-electron chi connectivity index (χ3n) is 9.29. The van der Waals surface area contributed by atoms with Crippen LogP contribution < -0.4 is 32.1 Å². The van der Waals surface area contributed by atoms with Gasteiger partial charge in [-0.3, -0.25) is 28.8 Å². The highest BCUT2D eigenvalue weighted by Crippen LogP contribution is 2.45. The molecule has 4 rings (SSSR count). The number of ketones is 1. The summed E-state index contributed by atoms with van der Waals surface area (Å²) in [7, 11) is 0. The molecule has 258 valence electrons. The molecule has 1 aromatic heterocycles. The van der Waals surface area contributed by atoms with Crippen molar-refractivity contribution in [1.29, 1.82) is 0 Å². The molecule has 1 aromatic rings. The Bertz CT molecular complexity index is 1310. The maximum Gasteiger partial charge on any atom is 0.287 e. The van der Waals surface area contributed by atoms with E-state index >= 15 is 0 Å². The van der Waals surface area contributed by atoms with E-state index in [-0.39, 0.29) is 57.3 Å². The number of pyridine rings is 1. The van der Waals surface area contributed by atoms with Gasteiger partial charge in [0.15, 0.2) is 0 Å². The molecule has 3 aliphatic rings. The predicted octanol–water partition coefficient (Wildman–Crippen LogP) is 1.94. The Balaban J connectivity index is 0. The van der Waals surface area contributed by atoms with Crippen molar-refractivity contribution >= 4 is 35.1 Å². The topological polar surface area (TPSA) is 177 Å². The minimum atomic E-state index is -1.21. The summed E-state index contributed by atoms with van der Waals surface area (Å²) in [6.45, 7) is 7.23. The monoisotopic (exact) mass is 638 g/mol. The molecular formula is C32H58N6O7. The molecule has 5 N–H and O–H groups in total. The first-order valence-corrected chi connectivity index (χ1v) is 16.3. The van der Waals surface area contributed by atoms with Crippen molar-refractivity contribution in [2.24, 2.45) is 23.7 Å². The number of morpholine rings is 1. The zero-order valence-corrected chi connectivity index (χ0v) is 26.6. The molecule has 2 saturated carbocycles. The van der Waals surface area contributed by atoms with Crippen molar-refractivity contribution in [3.05, 3.63) is 28.7 Å². The Morgan fingerprint density at radius 2 is 1.93 bits per heavy atom. The number of nitrogens with zero attached hydrogens (tertiary/aromatic N) is 1. The van der Waals surface area contributed by atoms with Crippen molar-refractivity contribution in [2.45, 2.75) is 90.4 Å². The molecule has 5 unspecified atom stereocenters. The van der Waals surface area contributed by atoms with Crippen LogP contribution in [-0.4, -0.2) is 78.4 Å². The average Bonchev–Trinajstić information content (AvgIpc) is 3.02. The molecule has 0 spiro atoms. The van der Waals surface area contributed by atoms with Crippen molar-refractivity contribution in [1.82, 2.24) is 25.8 Å². The van der Waals surface area contributed by atoms with E-state index in [0.29, 0.717) is 36.8 Å². The minimum Gasteiger partial charge on any atom is -0.378 e. The van der Waals surface area contributed by atoms with Crippen molar-refractivity contribution < 1.29 is 35.8 Å². The maximum absolute atomic E-state index is 13.4. The first kappa shape index (κ1) is 34.3. The van der Waals surface area contributed by atoms with Gasteiger partial charge in [-0.2, -0.15) is 0 Å². The largest absolute Gasteiger partial charge is 0.378 e. The number of hydrogen-bond donors (Lipinski definition) is 5. The molecule has 1 aliphatic heterocycles. The van der Waals surface area contributed by atoms with Crippen LogP contribution in [0.5, 0.6) is 0 Å². The zero-order valence-electron chi connectivity index (χ0n) is 26.6. The Morgan fingerprint density at radius 3 is 2.64 bits per heavy atom. The van der Waals surface area contributed by atoms with Crippen LogP contribution in [0.2, 0.25) is 0 Å². The number of carbonyl (C=O) groups is 5. The highest BCUT2D eigenvalue weighted by atomic mass is 16.5. The molecule has 45 heavy (non-hydrogen) atoms. The van der Waals surface area contributed by atoms with Gasteiger partial charge in [0.2, 0.25) is 23.5 Å². The lowest BCUT2D eigenvalue weighted by atomic mass is 9.62. The Kier molecular flexibility index (Phi) is 12.3. The number of nitrogens with one attached hydrogen (secondary N) is 5. The summed E-state index contributed by atoms with van der Waals surface area (Å²) in [5.74, 6) is -0.776. The van der Waals surface area contributed by atoms with Crippen LogP contribution >= 0.6 is 0 Å². The fourth-order valence-electron chi connectivity index (χ4n) is 7.19. The molecule has 2 aliphatic carbocycles. The van der Waals surface area contributed by atoms with E-state index in [1.54, 1.807) is 13.0 Å². The van der Waals surface area contributed by atoms with Gasteiger partial charge in [-0.1, -0.05) is 20.3 Å². The van der Waals surface area contributed by atoms with Gasteiger partial charge in [-0.15, -0.1) is 0 Å². The highest BCUT2D eigenvalue weighted by molar-refractivity contribution is 6.36. The molecule has 2 bridgehead atoms. The number of carbonyl (C=O) groups excluding carboxylic acids is 5. The molecular weight excluding hydrogens is 580 g/mol. The first-order chi connectivity index (χ1) is 21.6.